The summed E-state index contributed by atoms with van der Waals surface area (Å²) in [5.74, 6) is 1.50. The van der Waals surface area contributed by atoms with Crippen molar-refractivity contribution in [2.45, 2.75) is 63.1 Å². The molecule has 110 valence electrons. The SMILES string of the molecule is CC1(NCCC2CC3CCC(C2)N3)CCS(=O)(=O)C1. The Morgan fingerprint density at radius 1 is 1.26 bits per heavy atom. The van der Waals surface area contributed by atoms with Gasteiger partial charge in [-0.2, -0.15) is 0 Å². The van der Waals surface area contributed by atoms with Gasteiger partial charge in [0.05, 0.1) is 11.5 Å². The van der Waals surface area contributed by atoms with Crippen molar-refractivity contribution < 1.29 is 8.42 Å². The van der Waals surface area contributed by atoms with Crippen LogP contribution in [0.15, 0.2) is 0 Å². The Morgan fingerprint density at radius 2 is 1.95 bits per heavy atom. The Balaban J connectivity index is 1.44. The molecule has 0 aromatic rings. The molecule has 0 amide bonds. The number of rotatable bonds is 4. The Morgan fingerprint density at radius 3 is 2.53 bits per heavy atom. The van der Waals surface area contributed by atoms with E-state index in [0.717, 1.165) is 31.0 Å². The van der Waals surface area contributed by atoms with Crippen LogP contribution in [0.1, 0.15) is 45.4 Å². The average Bonchev–Trinajstić information content (AvgIpc) is 2.79. The molecule has 3 atom stereocenters. The second kappa shape index (κ2) is 5.01. The summed E-state index contributed by atoms with van der Waals surface area (Å²) in [5, 5.41) is 7.18. The lowest BCUT2D eigenvalue weighted by molar-refractivity contribution is 0.272. The number of piperidine rings is 1. The van der Waals surface area contributed by atoms with Crippen molar-refractivity contribution in [1.82, 2.24) is 10.6 Å². The summed E-state index contributed by atoms with van der Waals surface area (Å²) in [6.45, 7) is 3.03. The molecule has 3 rings (SSSR count). The first-order valence-corrected chi connectivity index (χ1v) is 9.48. The summed E-state index contributed by atoms with van der Waals surface area (Å²) in [6.07, 6.45) is 7.30. The highest BCUT2D eigenvalue weighted by Crippen LogP contribution is 2.32. The smallest absolute Gasteiger partial charge is 0.152 e. The summed E-state index contributed by atoms with van der Waals surface area (Å²) in [7, 11) is -2.79. The third kappa shape index (κ3) is 3.31. The topological polar surface area (TPSA) is 58.2 Å². The van der Waals surface area contributed by atoms with Crippen LogP contribution in [-0.4, -0.2) is 44.1 Å². The van der Waals surface area contributed by atoms with Crippen molar-refractivity contribution in [3.63, 3.8) is 0 Å². The average molecular weight is 286 g/mol. The zero-order valence-corrected chi connectivity index (χ0v) is 12.6. The van der Waals surface area contributed by atoms with Crippen LogP contribution in [0, 0.1) is 5.92 Å². The fraction of sp³-hybridized carbons (Fsp3) is 1.00. The van der Waals surface area contributed by atoms with Gasteiger partial charge < -0.3 is 10.6 Å². The summed E-state index contributed by atoms with van der Waals surface area (Å²) < 4.78 is 23.1. The van der Waals surface area contributed by atoms with Crippen molar-refractivity contribution >= 4 is 9.84 Å². The third-order valence-electron chi connectivity index (χ3n) is 5.18. The Hall–Kier alpha value is -0.130. The van der Waals surface area contributed by atoms with E-state index in [0.29, 0.717) is 11.5 Å². The molecule has 0 aliphatic carbocycles. The zero-order chi connectivity index (χ0) is 13.5. The maximum Gasteiger partial charge on any atom is 0.152 e. The van der Waals surface area contributed by atoms with Crippen molar-refractivity contribution in [2.75, 3.05) is 18.1 Å². The number of hydrogen-bond donors (Lipinski definition) is 2. The van der Waals surface area contributed by atoms with Crippen molar-refractivity contribution in [3.8, 4) is 0 Å². The lowest BCUT2D eigenvalue weighted by atomic mass is 9.89. The fourth-order valence-electron chi connectivity index (χ4n) is 4.14. The van der Waals surface area contributed by atoms with E-state index in [2.05, 4.69) is 17.6 Å². The van der Waals surface area contributed by atoms with Gasteiger partial charge in [-0.25, -0.2) is 8.42 Å². The van der Waals surface area contributed by atoms with Gasteiger partial charge in [0.25, 0.3) is 0 Å². The quantitative estimate of drug-likeness (QED) is 0.812. The summed E-state index contributed by atoms with van der Waals surface area (Å²) in [5.41, 5.74) is -0.176. The molecule has 0 radical (unpaired) electrons. The minimum Gasteiger partial charge on any atom is -0.311 e. The van der Waals surface area contributed by atoms with E-state index in [-0.39, 0.29) is 5.54 Å². The monoisotopic (exact) mass is 286 g/mol. The number of fused-ring (bicyclic) bond motifs is 2. The van der Waals surface area contributed by atoms with Gasteiger partial charge >= 0.3 is 0 Å². The van der Waals surface area contributed by atoms with E-state index >= 15 is 0 Å². The number of hydrogen-bond acceptors (Lipinski definition) is 4. The second-order valence-electron chi connectivity index (χ2n) is 7.09. The lowest BCUT2D eigenvalue weighted by Crippen LogP contribution is -2.45. The molecule has 5 heteroatoms. The molecule has 19 heavy (non-hydrogen) atoms. The molecule has 3 unspecified atom stereocenters. The minimum absolute atomic E-state index is 0.176. The van der Waals surface area contributed by atoms with Crippen molar-refractivity contribution in [1.29, 1.82) is 0 Å². The molecule has 4 nitrogen and oxygen atoms in total. The molecule has 3 fully saturated rings. The highest BCUT2D eigenvalue weighted by Gasteiger charge is 2.38. The normalized spacial score (nSPS) is 44.6. The summed E-state index contributed by atoms with van der Waals surface area (Å²) in [4.78, 5) is 0. The second-order valence-corrected chi connectivity index (χ2v) is 9.28. The van der Waals surface area contributed by atoms with E-state index in [1.807, 2.05) is 0 Å². The summed E-state index contributed by atoms with van der Waals surface area (Å²) in [6, 6.07) is 1.51. The standard InChI is InChI=1S/C14H26N2O2S/c1-14(5-7-19(17,18)10-14)15-6-4-11-8-12-2-3-13(9-11)16-12/h11-13,15-16H,2-10H2,1H3. The predicted octanol–water partition coefficient (Wildman–Crippen LogP) is 1.07. The molecular weight excluding hydrogens is 260 g/mol. The first-order chi connectivity index (χ1) is 8.94. The van der Waals surface area contributed by atoms with Crippen LogP contribution >= 0.6 is 0 Å². The first kappa shape index (κ1) is 13.8. The van der Waals surface area contributed by atoms with Gasteiger partial charge in [-0.05, 0) is 57.9 Å². The molecule has 0 aromatic carbocycles. The van der Waals surface area contributed by atoms with Gasteiger partial charge in [0.2, 0.25) is 0 Å². The Labute approximate surface area is 116 Å². The fourth-order valence-corrected chi connectivity index (χ4v) is 6.26. The molecule has 3 aliphatic heterocycles. The van der Waals surface area contributed by atoms with Crippen molar-refractivity contribution in [2.24, 2.45) is 5.92 Å². The molecule has 3 heterocycles. The van der Waals surface area contributed by atoms with Gasteiger partial charge in [-0.1, -0.05) is 0 Å². The predicted molar refractivity (Wildman–Crippen MR) is 77.0 cm³/mol. The minimum atomic E-state index is -2.79. The molecule has 3 aliphatic rings. The van der Waals surface area contributed by atoms with Gasteiger partial charge in [0.15, 0.2) is 9.84 Å². The van der Waals surface area contributed by atoms with Crippen LogP contribution in [0.25, 0.3) is 0 Å². The Bertz CT molecular complexity index is 425. The molecule has 2 bridgehead atoms. The van der Waals surface area contributed by atoms with Crippen LogP contribution in [-0.2, 0) is 9.84 Å². The third-order valence-corrected chi connectivity index (χ3v) is 7.08. The zero-order valence-electron chi connectivity index (χ0n) is 11.8. The summed E-state index contributed by atoms with van der Waals surface area (Å²) >= 11 is 0. The van der Waals surface area contributed by atoms with Gasteiger partial charge in [-0.15, -0.1) is 0 Å². The molecule has 3 saturated heterocycles. The van der Waals surface area contributed by atoms with E-state index in [1.54, 1.807) is 0 Å². The maximum atomic E-state index is 11.6. The molecule has 0 spiro atoms. The molecular formula is C14H26N2O2S. The number of nitrogens with one attached hydrogen (secondary N) is 2. The van der Waals surface area contributed by atoms with Gasteiger partial charge in [0, 0.05) is 17.6 Å². The van der Waals surface area contributed by atoms with E-state index < -0.39 is 9.84 Å². The van der Waals surface area contributed by atoms with Crippen LogP contribution in [0.5, 0.6) is 0 Å². The van der Waals surface area contributed by atoms with Crippen LogP contribution in [0.3, 0.4) is 0 Å². The lowest BCUT2D eigenvalue weighted by Gasteiger charge is -2.31. The largest absolute Gasteiger partial charge is 0.311 e. The van der Waals surface area contributed by atoms with Crippen LogP contribution in [0.2, 0.25) is 0 Å². The molecule has 0 saturated carbocycles. The highest BCUT2D eigenvalue weighted by atomic mass is 32.2. The number of sulfone groups is 1. The first-order valence-electron chi connectivity index (χ1n) is 7.66. The van der Waals surface area contributed by atoms with Crippen LogP contribution in [0.4, 0.5) is 0 Å². The van der Waals surface area contributed by atoms with Gasteiger partial charge in [0.1, 0.15) is 0 Å². The van der Waals surface area contributed by atoms with E-state index in [9.17, 15) is 8.42 Å². The van der Waals surface area contributed by atoms with Crippen molar-refractivity contribution in [3.05, 3.63) is 0 Å². The highest BCUT2D eigenvalue weighted by molar-refractivity contribution is 7.91. The molecule has 0 aromatic heterocycles. The van der Waals surface area contributed by atoms with Gasteiger partial charge in [-0.3, -0.25) is 0 Å². The Kier molecular flexibility index (Phi) is 3.65. The maximum absolute atomic E-state index is 11.6. The van der Waals surface area contributed by atoms with Crippen LogP contribution < -0.4 is 10.6 Å². The van der Waals surface area contributed by atoms with E-state index in [4.69, 9.17) is 0 Å². The molecule has 2 N–H and O–H groups in total. The van der Waals surface area contributed by atoms with E-state index in [1.165, 1.54) is 32.1 Å².